The number of rotatable bonds is 2. The van der Waals surface area contributed by atoms with Crippen molar-refractivity contribution in [1.29, 1.82) is 0 Å². The molecule has 0 radical (unpaired) electrons. The van der Waals surface area contributed by atoms with Crippen LogP contribution in [0, 0.1) is 0 Å². The summed E-state index contributed by atoms with van der Waals surface area (Å²) in [5.41, 5.74) is 0.00386. The topological polar surface area (TPSA) is 87.7 Å². The number of ether oxygens (including phenoxy) is 1. The zero-order valence-electron chi connectivity index (χ0n) is 9.28. The smallest absolute Gasteiger partial charge is 0.556 e. The van der Waals surface area contributed by atoms with E-state index in [1.54, 1.807) is 0 Å². The first-order valence-corrected chi connectivity index (χ1v) is 5.05. The van der Waals surface area contributed by atoms with Crippen LogP contribution in [0.2, 0.25) is 0 Å². The molecule has 16 heavy (non-hydrogen) atoms. The van der Waals surface area contributed by atoms with E-state index in [-0.39, 0.29) is 30.6 Å². The largest absolute Gasteiger partial charge is 1.00 e. The van der Waals surface area contributed by atoms with E-state index in [2.05, 4.69) is 5.10 Å². The molecular formula is C8H14BLiN2O4. The Morgan fingerprint density at radius 2 is 2.12 bits per heavy atom. The van der Waals surface area contributed by atoms with E-state index >= 15 is 0 Å². The minimum Gasteiger partial charge on any atom is -0.556 e. The van der Waals surface area contributed by atoms with Gasteiger partial charge >= 0.3 is 25.6 Å². The van der Waals surface area contributed by atoms with Crippen LogP contribution in [0.15, 0.2) is 12.4 Å². The van der Waals surface area contributed by atoms with Crippen LogP contribution >= 0.6 is 0 Å². The van der Waals surface area contributed by atoms with Crippen molar-refractivity contribution in [3.05, 3.63) is 12.4 Å². The van der Waals surface area contributed by atoms with Crippen molar-refractivity contribution in [1.82, 2.24) is 9.78 Å². The van der Waals surface area contributed by atoms with E-state index in [0.29, 0.717) is 6.61 Å². The van der Waals surface area contributed by atoms with Gasteiger partial charge in [-0.1, -0.05) is 5.46 Å². The van der Waals surface area contributed by atoms with Crippen LogP contribution in [0.5, 0.6) is 0 Å². The maximum Gasteiger partial charge on any atom is 1.00 e. The van der Waals surface area contributed by atoms with Crippen molar-refractivity contribution >= 4 is 12.2 Å². The summed E-state index contributed by atoms with van der Waals surface area (Å²) in [5.74, 6) is 0. The molecule has 0 saturated carbocycles. The number of hydrogen-bond acceptors (Lipinski definition) is 5. The third kappa shape index (κ3) is 3.11. The van der Waals surface area contributed by atoms with Crippen LogP contribution in [0.1, 0.15) is 25.5 Å². The Labute approximate surface area is 105 Å². The van der Waals surface area contributed by atoms with Gasteiger partial charge in [0.2, 0.25) is 0 Å². The molecule has 1 saturated heterocycles. The summed E-state index contributed by atoms with van der Waals surface area (Å²) in [4.78, 5) is 0. The van der Waals surface area contributed by atoms with Crippen molar-refractivity contribution in [2.45, 2.75) is 25.5 Å². The van der Waals surface area contributed by atoms with Crippen LogP contribution in [0.3, 0.4) is 0 Å². The van der Waals surface area contributed by atoms with Crippen LogP contribution in [-0.2, 0) is 4.74 Å². The van der Waals surface area contributed by atoms with Gasteiger partial charge in [-0.05, 0) is 19.3 Å². The summed E-state index contributed by atoms with van der Waals surface area (Å²) < 4.78 is 6.96. The average molecular weight is 220 g/mol. The number of nitrogens with zero attached hydrogens (tertiary/aromatic N) is 2. The van der Waals surface area contributed by atoms with Gasteiger partial charge < -0.3 is 19.8 Å². The van der Waals surface area contributed by atoms with Crippen LogP contribution in [0.4, 0.5) is 0 Å². The zero-order valence-corrected chi connectivity index (χ0v) is 9.28. The molecule has 84 valence electrons. The minimum absolute atomic E-state index is 0. The van der Waals surface area contributed by atoms with E-state index in [1.165, 1.54) is 17.1 Å². The second-order valence-electron chi connectivity index (χ2n) is 3.81. The van der Waals surface area contributed by atoms with Crippen molar-refractivity contribution in [2.24, 2.45) is 0 Å². The molecule has 1 aromatic heterocycles. The normalized spacial score (nSPS) is 21.6. The van der Waals surface area contributed by atoms with Gasteiger partial charge in [-0.3, -0.25) is 0 Å². The van der Waals surface area contributed by atoms with Crippen molar-refractivity contribution in [2.75, 3.05) is 6.61 Å². The molecule has 1 fully saturated rings. The van der Waals surface area contributed by atoms with Gasteiger partial charge in [-0.25, -0.2) is 4.68 Å². The molecule has 8 heteroatoms. The van der Waals surface area contributed by atoms with Gasteiger partial charge in [-0.15, -0.1) is 0 Å². The summed E-state index contributed by atoms with van der Waals surface area (Å²) in [6, 6.07) is 0. The predicted octanol–water partition coefficient (Wildman–Crippen LogP) is -4.29. The maximum atomic E-state index is 8.98. The molecule has 1 atom stereocenters. The first kappa shape index (κ1) is 13.8. The quantitative estimate of drug-likeness (QED) is 0.439. The molecule has 2 rings (SSSR count). The second kappa shape index (κ2) is 5.36. The molecule has 0 spiro atoms. The van der Waals surface area contributed by atoms with Gasteiger partial charge in [0.15, 0.2) is 0 Å². The van der Waals surface area contributed by atoms with Crippen LogP contribution < -0.4 is 24.3 Å². The predicted molar refractivity (Wildman–Crippen MR) is 53.1 cm³/mol. The van der Waals surface area contributed by atoms with Gasteiger partial charge in [0.1, 0.15) is 6.23 Å². The summed E-state index contributed by atoms with van der Waals surface area (Å²) in [6.45, 7) is -2.76. The Balaban J connectivity index is 0.00000128. The van der Waals surface area contributed by atoms with Crippen molar-refractivity contribution in [3.8, 4) is 0 Å². The third-order valence-electron chi connectivity index (χ3n) is 2.52. The fraction of sp³-hybridized carbons (Fsp3) is 0.625. The van der Waals surface area contributed by atoms with E-state index in [0.717, 1.165) is 19.3 Å². The maximum absolute atomic E-state index is 8.98. The van der Waals surface area contributed by atoms with Gasteiger partial charge in [0.25, 0.3) is 0 Å². The molecule has 0 aliphatic carbocycles. The molecule has 0 aromatic carbocycles. The van der Waals surface area contributed by atoms with Crippen LogP contribution in [-0.4, -0.2) is 38.2 Å². The molecule has 0 bridgehead atoms. The molecule has 1 aromatic rings. The van der Waals surface area contributed by atoms with E-state index in [4.69, 9.17) is 19.8 Å². The Morgan fingerprint density at radius 1 is 1.38 bits per heavy atom. The summed E-state index contributed by atoms with van der Waals surface area (Å²) >= 11 is 0. The van der Waals surface area contributed by atoms with Gasteiger partial charge in [0, 0.05) is 19.0 Å². The molecule has 1 aliphatic heterocycles. The molecule has 3 N–H and O–H groups in total. The monoisotopic (exact) mass is 220 g/mol. The first-order valence-electron chi connectivity index (χ1n) is 5.05. The van der Waals surface area contributed by atoms with E-state index in [9.17, 15) is 0 Å². The Morgan fingerprint density at radius 3 is 2.62 bits per heavy atom. The average Bonchev–Trinajstić information content (AvgIpc) is 2.67. The zero-order chi connectivity index (χ0) is 10.9. The molecule has 0 amide bonds. The van der Waals surface area contributed by atoms with Crippen LogP contribution in [0.25, 0.3) is 0 Å². The SMILES string of the molecule is O[B-](O)(O)c1cnn(C2CCCCO2)c1.[Li+]. The van der Waals surface area contributed by atoms with Gasteiger partial charge in [-0.2, -0.15) is 5.10 Å². The summed E-state index contributed by atoms with van der Waals surface area (Å²) in [5, 5.41) is 30.9. The molecule has 6 nitrogen and oxygen atoms in total. The summed E-state index contributed by atoms with van der Waals surface area (Å²) in [6.07, 6.45) is 5.43. The number of aromatic nitrogens is 2. The van der Waals surface area contributed by atoms with E-state index in [1.807, 2.05) is 0 Å². The molecule has 1 aliphatic rings. The fourth-order valence-electron chi connectivity index (χ4n) is 1.64. The van der Waals surface area contributed by atoms with E-state index < -0.39 is 6.75 Å². The third-order valence-corrected chi connectivity index (χ3v) is 2.52. The first-order chi connectivity index (χ1) is 7.07. The Bertz CT molecular complexity index is 335. The number of hydrogen-bond donors (Lipinski definition) is 3. The summed E-state index contributed by atoms with van der Waals surface area (Å²) in [7, 11) is 0. The fourth-order valence-corrected chi connectivity index (χ4v) is 1.64. The van der Waals surface area contributed by atoms with Crippen molar-refractivity contribution in [3.63, 3.8) is 0 Å². The Hall–Kier alpha value is -0.288. The second-order valence-corrected chi connectivity index (χ2v) is 3.81. The molecule has 1 unspecified atom stereocenters. The van der Waals surface area contributed by atoms with Gasteiger partial charge in [0.05, 0.1) is 0 Å². The standard InChI is InChI=1S/C8H14BN2O4.Li/c12-9(13,14)7-5-10-11(6-7)8-3-1-2-4-15-8;/h5-6,8,12-14H,1-4H2;/q-1;+1. The molecule has 2 heterocycles. The Kier molecular flexibility index (Phi) is 4.62. The van der Waals surface area contributed by atoms with Crippen molar-refractivity contribution < 1.29 is 38.7 Å². The minimum atomic E-state index is -3.45. The molecular weight excluding hydrogens is 206 g/mol.